The van der Waals surface area contributed by atoms with E-state index in [1.165, 1.54) is 0 Å². The first-order valence-electron chi connectivity index (χ1n) is 7.73. The van der Waals surface area contributed by atoms with Gasteiger partial charge < -0.3 is 9.30 Å². The standard InChI is InChI=1S/C17H20N4O/c1-3-5-10-21-12-20-16-15(18-11-19-17(16)21)13-8-6-7-9-14(13)22-4-2/h6-9,11-12H,3-5,10H2,1-2H3. The van der Waals surface area contributed by atoms with Crippen LogP contribution in [0.1, 0.15) is 26.7 Å². The van der Waals surface area contributed by atoms with Crippen molar-refractivity contribution in [3.05, 3.63) is 36.9 Å². The molecule has 0 aliphatic carbocycles. The summed E-state index contributed by atoms with van der Waals surface area (Å²) in [5.74, 6) is 0.827. The summed E-state index contributed by atoms with van der Waals surface area (Å²) in [4.78, 5) is 13.4. The number of unbranched alkanes of at least 4 members (excludes halogenated alkanes) is 1. The Morgan fingerprint density at radius 2 is 1.95 bits per heavy atom. The number of hydrogen-bond donors (Lipinski definition) is 0. The average Bonchev–Trinajstić information content (AvgIpc) is 2.97. The molecule has 0 saturated carbocycles. The third-order valence-electron chi connectivity index (χ3n) is 3.60. The number of hydrogen-bond acceptors (Lipinski definition) is 4. The van der Waals surface area contributed by atoms with Gasteiger partial charge in [-0.15, -0.1) is 0 Å². The first-order chi connectivity index (χ1) is 10.8. The highest BCUT2D eigenvalue weighted by molar-refractivity contribution is 5.89. The molecule has 0 fully saturated rings. The Kier molecular flexibility index (Phi) is 4.32. The van der Waals surface area contributed by atoms with Crippen LogP contribution >= 0.6 is 0 Å². The SMILES string of the molecule is CCCCn1cnc2c(-c3ccccc3OCC)ncnc21. The number of imidazole rings is 1. The molecule has 0 aliphatic rings. The molecule has 2 aromatic heterocycles. The predicted molar refractivity (Wildman–Crippen MR) is 86.8 cm³/mol. The average molecular weight is 296 g/mol. The number of aromatic nitrogens is 4. The van der Waals surface area contributed by atoms with E-state index in [2.05, 4.69) is 26.4 Å². The van der Waals surface area contributed by atoms with Gasteiger partial charge in [-0.05, 0) is 25.5 Å². The lowest BCUT2D eigenvalue weighted by molar-refractivity contribution is 0.341. The quantitative estimate of drug-likeness (QED) is 0.696. The Balaban J connectivity index is 2.10. The number of rotatable bonds is 6. The second-order valence-corrected chi connectivity index (χ2v) is 5.12. The fourth-order valence-electron chi connectivity index (χ4n) is 2.51. The largest absolute Gasteiger partial charge is 0.493 e. The van der Waals surface area contributed by atoms with Crippen molar-refractivity contribution < 1.29 is 4.74 Å². The Labute approximate surface area is 130 Å². The summed E-state index contributed by atoms with van der Waals surface area (Å²) in [7, 11) is 0. The Morgan fingerprint density at radius 3 is 2.77 bits per heavy atom. The molecule has 0 saturated heterocycles. The summed E-state index contributed by atoms with van der Waals surface area (Å²) in [5, 5.41) is 0. The van der Waals surface area contributed by atoms with E-state index < -0.39 is 0 Å². The van der Waals surface area contributed by atoms with E-state index in [9.17, 15) is 0 Å². The van der Waals surface area contributed by atoms with Gasteiger partial charge in [0, 0.05) is 12.1 Å². The van der Waals surface area contributed by atoms with Crippen molar-refractivity contribution in [3.63, 3.8) is 0 Å². The first-order valence-corrected chi connectivity index (χ1v) is 7.73. The van der Waals surface area contributed by atoms with Crippen LogP contribution in [0.4, 0.5) is 0 Å². The summed E-state index contributed by atoms with van der Waals surface area (Å²) >= 11 is 0. The van der Waals surface area contributed by atoms with Crippen LogP contribution < -0.4 is 4.74 Å². The number of ether oxygens (including phenoxy) is 1. The molecule has 0 atom stereocenters. The number of para-hydroxylation sites is 1. The zero-order valence-corrected chi connectivity index (χ0v) is 13.0. The van der Waals surface area contributed by atoms with E-state index in [1.54, 1.807) is 6.33 Å². The van der Waals surface area contributed by atoms with E-state index in [0.29, 0.717) is 6.61 Å². The summed E-state index contributed by atoms with van der Waals surface area (Å²) in [6.45, 7) is 5.70. The Hall–Kier alpha value is -2.43. The maximum absolute atomic E-state index is 5.72. The molecule has 0 unspecified atom stereocenters. The molecule has 5 nitrogen and oxygen atoms in total. The lowest BCUT2D eigenvalue weighted by Gasteiger charge is -2.09. The van der Waals surface area contributed by atoms with Crippen molar-refractivity contribution in [1.29, 1.82) is 0 Å². The molecule has 0 radical (unpaired) electrons. The maximum Gasteiger partial charge on any atom is 0.163 e. The summed E-state index contributed by atoms with van der Waals surface area (Å²) < 4.78 is 7.81. The maximum atomic E-state index is 5.72. The molecule has 0 aliphatic heterocycles. The van der Waals surface area contributed by atoms with Gasteiger partial charge in [-0.3, -0.25) is 0 Å². The minimum atomic E-state index is 0.621. The topological polar surface area (TPSA) is 52.8 Å². The van der Waals surface area contributed by atoms with Gasteiger partial charge in [0.1, 0.15) is 23.3 Å². The van der Waals surface area contributed by atoms with Gasteiger partial charge in [-0.25, -0.2) is 15.0 Å². The van der Waals surface area contributed by atoms with Crippen LogP contribution in [0.2, 0.25) is 0 Å². The van der Waals surface area contributed by atoms with Crippen molar-refractivity contribution in [2.75, 3.05) is 6.61 Å². The molecule has 0 amide bonds. The van der Waals surface area contributed by atoms with Crippen LogP contribution in [0.15, 0.2) is 36.9 Å². The molecule has 0 bridgehead atoms. The smallest absolute Gasteiger partial charge is 0.163 e. The second kappa shape index (κ2) is 6.56. The van der Waals surface area contributed by atoms with E-state index in [4.69, 9.17) is 4.74 Å². The van der Waals surface area contributed by atoms with Crippen molar-refractivity contribution in [2.45, 2.75) is 33.2 Å². The van der Waals surface area contributed by atoms with Gasteiger partial charge >= 0.3 is 0 Å². The highest BCUT2D eigenvalue weighted by Gasteiger charge is 2.14. The van der Waals surface area contributed by atoms with Gasteiger partial charge in [0.2, 0.25) is 0 Å². The van der Waals surface area contributed by atoms with E-state index in [-0.39, 0.29) is 0 Å². The summed E-state index contributed by atoms with van der Waals surface area (Å²) in [6.07, 6.45) is 5.71. The highest BCUT2D eigenvalue weighted by Crippen LogP contribution is 2.32. The van der Waals surface area contributed by atoms with Crippen LogP contribution in [-0.4, -0.2) is 26.1 Å². The zero-order valence-electron chi connectivity index (χ0n) is 13.0. The van der Waals surface area contributed by atoms with Crippen molar-refractivity contribution in [3.8, 4) is 17.0 Å². The van der Waals surface area contributed by atoms with Crippen LogP contribution in [-0.2, 0) is 6.54 Å². The summed E-state index contributed by atoms with van der Waals surface area (Å²) in [5.41, 5.74) is 3.48. The molecule has 2 heterocycles. The van der Waals surface area contributed by atoms with Gasteiger partial charge in [0.25, 0.3) is 0 Å². The third-order valence-corrected chi connectivity index (χ3v) is 3.60. The van der Waals surface area contributed by atoms with E-state index >= 15 is 0 Å². The molecule has 3 aromatic rings. The molecule has 114 valence electrons. The number of nitrogens with zero attached hydrogens (tertiary/aromatic N) is 4. The molecule has 0 N–H and O–H groups in total. The fourth-order valence-corrected chi connectivity index (χ4v) is 2.51. The van der Waals surface area contributed by atoms with Crippen molar-refractivity contribution >= 4 is 11.2 Å². The summed E-state index contributed by atoms with van der Waals surface area (Å²) in [6, 6.07) is 7.92. The van der Waals surface area contributed by atoms with Gasteiger partial charge in [0.05, 0.1) is 12.9 Å². The van der Waals surface area contributed by atoms with E-state index in [1.807, 2.05) is 37.5 Å². The fraction of sp³-hybridized carbons (Fsp3) is 0.353. The number of fused-ring (bicyclic) bond motifs is 1. The number of aryl methyl sites for hydroxylation is 1. The number of benzene rings is 1. The Morgan fingerprint density at radius 1 is 1.09 bits per heavy atom. The molecule has 3 rings (SSSR count). The zero-order chi connectivity index (χ0) is 15.4. The van der Waals surface area contributed by atoms with Crippen molar-refractivity contribution in [2.24, 2.45) is 0 Å². The second-order valence-electron chi connectivity index (χ2n) is 5.12. The van der Waals surface area contributed by atoms with Crippen LogP contribution in [0.25, 0.3) is 22.4 Å². The third kappa shape index (κ3) is 2.66. The highest BCUT2D eigenvalue weighted by atomic mass is 16.5. The predicted octanol–water partition coefficient (Wildman–Crippen LogP) is 3.69. The van der Waals surface area contributed by atoms with Gasteiger partial charge in [-0.1, -0.05) is 25.5 Å². The minimum Gasteiger partial charge on any atom is -0.493 e. The van der Waals surface area contributed by atoms with Crippen molar-refractivity contribution in [1.82, 2.24) is 19.5 Å². The lowest BCUT2D eigenvalue weighted by atomic mass is 10.1. The first kappa shape index (κ1) is 14.5. The Bertz CT molecular complexity index is 766. The van der Waals surface area contributed by atoms with E-state index in [0.717, 1.165) is 47.6 Å². The van der Waals surface area contributed by atoms with Gasteiger partial charge in [-0.2, -0.15) is 0 Å². The van der Waals surface area contributed by atoms with Crippen LogP contribution in [0.3, 0.4) is 0 Å². The van der Waals surface area contributed by atoms with Crippen LogP contribution in [0.5, 0.6) is 5.75 Å². The van der Waals surface area contributed by atoms with Gasteiger partial charge in [0.15, 0.2) is 5.65 Å². The molecular weight excluding hydrogens is 276 g/mol. The lowest BCUT2D eigenvalue weighted by Crippen LogP contribution is -1.99. The molecule has 5 heteroatoms. The molecule has 1 aromatic carbocycles. The van der Waals surface area contributed by atoms with Crippen LogP contribution in [0, 0.1) is 0 Å². The molecular formula is C17H20N4O. The minimum absolute atomic E-state index is 0.621. The normalized spacial score (nSPS) is 11.0. The molecule has 0 spiro atoms. The monoisotopic (exact) mass is 296 g/mol. The molecule has 22 heavy (non-hydrogen) atoms.